The average Bonchev–Trinajstić information content (AvgIpc) is 3.03. The molecule has 6 heteroatoms. The number of allylic oxidation sites excluding steroid dienone is 1. The third-order valence-electron chi connectivity index (χ3n) is 3.82. The topological polar surface area (TPSA) is 99.0 Å². The summed E-state index contributed by atoms with van der Waals surface area (Å²) in [6.45, 7) is 3.36. The molecule has 2 aromatic carbocycles. The fourth-order valence-electron chi connectivity index (χ4n) is 2.71. The molecular formula is C20H17N3O3. The molecule has 1 aromatic heterocycles. The van der Waals surface area contributed by atoms with E-state index in [1.807, 2.05) is 44.2 Å². The fraction of sp³-hybridized carbons (Fsp3) is 0.150. The lowest BCUT2D eigenvalue weighted by atomic mass is 10.1. The number of imidazole rings is 1. The number of aliphatic hydroxyl groups is 1. The molecule has 2 N–H and O–H groups in total. The maximum Gasteiger partial charge on any atom is 0.338 e. The zero-order chi connectivity index (χ0) is 18.7. The lowest BCUT2D eigenvalue weighted by Gasteiger charge is -2.07. The number of nitrogens with zero attached hydrogens (tertiary/aromatic N) is 2. The smallest absolute Gasteiger partial charge is 0.338 e. The van der Waals surface area contributed by atoms with Crippen molar-refractivity contribution in [1.82, 2.24) is 9.97 Å². The molecule has 0 bridgehead atoms. The summed E-state index contributed by atoms with van der Waals surface area (Å²) in [5, 5.41) is 19.6. The van der Waals surface area contributed by atoms with Gasteiger partial charge in [0.1, 0.15) is 18.2 Å². The molecule has 0 aliphatic carbocycles. The van der Waals surface area contributed by atoms with Gasteiger partial charge in [0.05, 0.1) is 16.6 Å². The summed E-state index contributed by atoms with van der Waals surface area (Å²) in [7, 11) is 0. The highest BCUT2D eigenvalue weighted by Gasteiger charge is 2.16. The van der Waals surface area contributed by atoms with Gasteiger partial charge >= 0.3 is 5.97 Å². The number of H-pyrrole nitrogens is 1. The number of aromatic amines is 1. The number of ether oxygens (including phenoxy) is 1. The van der Waals surface area contributed by atoms with E-state index in [1.165, 1.54) is 0 Å². The normalized spacial score (nSPS) is 11.7. The lowest BCUT2D eigenvalue weighted by molar-refractivity contribution is 0.0502. The van der Waals surface area contributed by atoms with Crippen LogP contribution in [-0.2, 0) is 4.74 Å². The average molecular weight is 347 g/mol. The zero-order valence-corrected chi connectivity index (χ0v) is 14.4. The molecule has 6 nitrogen and oxygen atoms in total. The third-order valence-corrected chi connectivity index (χ3v) is 3.82. The van der Waals surface area contributed by atoms with Crippen LogP contribution < -0.4 is 0 Å². The summed E-state index contributed by atoms with van der Waals surface area (Å²) in [6.07, 6.45) is 0. The van der Waals surface area contributed by atoms with Crippen molar-refractivity contribution in [1.29, 1.82) is 5.26 Å². The van der Waals surface area contributed by atoms with Crippen LogP contribution >= 0.6 is 0 Å². The number of hydrogen-bond acceptors (Lipinski definition) is 5. The molecule has 0 amide bonds. The molecule has 0 radical (unpaired) electrons. The molecule has 0 saturated heterocycles. The predicted molar refractivity (Wildman–Crippen MR) is 97.5 cm³/mol. The van der Waals surface area contributed by atoms with Crippen molar-refractivity contribution in [2.75, 3.05) is 6.61 Å². The van der Waals surface area contributed by atoms with Crippen LogP contribution in [0.25, 0.3) is 16.6 Å². The van der Waals surface area contributed by atoms with Gasteiger partial charge in [-0.05, 0) is 38.1 Å². The van der Waals surface area contributed by atoms with Gasteiger partial charge in [-0.25, -0.2) is 9.78 Å². The van der Waals surface area contributed by atoms with Gasteiger partial charge in [-0.1, -0.05) is 29.3 Å². The van der Waals surface area contributed by atoms with E-state index in [0.29, 0.717) is 11.1 Å². The van der Waals surface area contributed by atoms with Gasteiger partial charge in [-0.2, -0.15) is 5.26 Å². The number of aromatic nitrogens is 2. The number of carbonyl (C=O) groups excluding carboxylic acids is 1. The van der Waals surface area contributed by atoms with E-state index in [-0.39, 0.29) is 17.2 Å². The third kappa shape index (κ3) is 3.57. The summed E-state index contributed by atoms with van der Waals surface area (Å²) in [4.78, 5) is 19.4. The minimum Gasteiger partial charge on any atom is -0.507 e. The van der Waals surface area contributed by atoms with Crippen LogP contribution in [0.3, 0.4) is 0 Å². The minimum absolute atomic E-state index is 0.0607. The number of aliphatic hydroxyl groups excluding tert-OH is 1. The highest BCUT2D eigenvalue weighted by Crippen LogP contribution is 2.19. The number of aryl methyl sites for hydroxylation is 2. The minimum atomic E-state index is -0.565. The van der Waals surface area contributed by atoms with E-state index in [4.69, 9.17) is 4.74 Å². The van der Waals surface area contributed by atoms with Crippen LogP contribution in [0.15, 0.2) is 48.2 Å². The summed E-state index contributed by atoms with van der Waals surface area (Å²) in [6, 6.07) is 14.5. The number of nitriles is 1. The molecule has 0 spiro atoms. The number of fused-ring (bicyclic) bond motifs is 1. The molecule has 3 aromatic rings. The Morgan fingerprint density at radius 1 is 1.23 bits per heavy atom. The van der Waals surface area contributed by atoms with Crippen LogP contribution in [0.1, 0.15) is 27.3 Å². The fourth-order valence-corrected chi connectivity index (χ4v) is 2.71. The Balaban J connectivity index is 1.80. The Hall–Kier alpha value is -3.59. The molecule has 0 aliphatic rings. The molecule has 3 rings (SSSR count). The van der Waals surface area contributed by atoms with E-state index in [1.54, 1.807) is 18.2 Å². The summed E-state index contributed by atoms with van der Waals surface area (Å²) in [5.41, 5.74) is 3.64. The van der Waals surface area contributed by atoms with E-state index < -0.39 is 12.6 Å². The Labute approximate surface area is 150 Å². The number of hydrogen-bond donors (Lipinski definition) is 2. The first kappa shape index (κ1) is 17.2. The second-order valence-corrected chi connectivity index (χ2v) is 5.99. The van der Waals surface area contributed by atoms with Crippen molar-refractivity contribution >= 4 is 22.6 Å². The van der Waals surface area contributed by atoms with Crippen LogP contribution in [-0.4, -0.2) is 27.7 Å². The Kier molecular flexibility index (Phi) is 4.72. The second-order valence-electron chi connectivity index (χ2n) is 5.99. The number of carbonyl (C=O) groups is 1. The predicted octanol–water partition coefficient (Wildman–Crippen LogP) is 3.83. The van der Waals surface area contributed by atoms with Gasteiger partial charge in [0.2, 0.25) is 0 Å². The summed E-state index contributed by atoms with van der Waals surface area (Å²) < 4.78 is 5.14. The first-order valence-corrected chi connectivity index (χ1v) is 8.00. The number of rotatable bonds is 4. The number of para-hydroxylation sites is 2. The van der Waals surface area contributed by atoms with Crippen molar-refractivity contribution in [2.24, 2.45) is 0 Å². The first-order valence-electron chi connectivity index (χ1n) is 8.00. The van der Waals surface area contributed by atoms with Crippen molar-refractivity contribution in [3.63, 3.8) is 0 Å². The molecule has 0 saturated carbocycles. The largest absolute Gasteiger partial charge is 0.507 e. The highest BCUT2D eigenvalue weighted by molar-refractivity contribution is 5.90. The molecule has 0 atom stereocenters. The molecule has 130 valence electrons. The van der Waals surface area contributed by atoms with Crippen LogP contribution in [0.4, 0.5) is 0 Å². The Morgan fingerprint density at radius 2 is 1.92 bits per heavy atom. The monoisotopic (exact) mass is 347 g/mol. The SMILES string of the molecule is Cc1cc(C)cc(C(=O)OCC(O)=C(C#N)c2nc3ccccc3[nH]2)c1. The van der Waals surface area contributed by atoms with Crippen LogP contribution in [0.2, 0.25) is 0 Å². The molecule has 0 unspecified atom stereocenters. The van der Waals surface area contributed by atoms with Gasteiger partial charge in [0, 0.05) is 0 Å². The molecule has 0 fully saturated rings. The number of benzene rings is 2. The first-order chi connectivity index (χ1) is 12.5. The Morgan fingerprint density at radius 3 is 2.58 bits per heavy atom. The van der Waals surface area contributed by atoms with E-state index in [0.717, 1.165) is 16.6 Å². The lowest BCUT2D eigenvalue weighted by Crippen LogP contribution is -2.10. The van der Waals surface area contributed by atoms with Crippen molar-refractivity contribution < 1.29 is 14.6 Å². The van der Waals surface area contributed by atoms with E-state index in [9.17, 15) is 15.2 Å². The highest BCUT2D eigenvalue weighted by atomic mass is 16.5. The zero-order valence-electron chi connectivity index (χ0n) is 14.4. The quantitative estimate of drug-likeness (QED) is 0.424. The van der Waals surface area contributed by atoms with Crippen molar-refractivity contribution in [3.8, 4) is 6.07 Å². The summed E-state index contributed by atoms with van der Waals surface area (Å²) in [5.74, 6) is -0.692. The number of nitrogens with one attached hydrogen (secondary N) is 1. The molecular weight excluding hydrogens is 330 g/mol. The van der Waals surface area contributed by atoms with Gasteiger partial charge in [-0.15, -0.1) is 0 Å². The van der Waals surface area contributed by atoms with Gasteiger partial charge in [0.25, 0.3) is 0 Å². The van der Waals surface area contributed by atoms with Crippen molar-refractivity contribution in [3.05, 3.63) is 70.7 Å². The van der Waals surface area contributed by atoms with Crippen molar-refractivity contribution in [2.45, 2.75) is 13.8 Å². The number of esters is 1. The van der Waals surface area contributed by atoms with E-state index in [2.05, 4.69) is 9.97 Å². The van der Waals surface area contributed by atoms with Gasteiger partial charge in [-0.3, -0.25) is 0 Å². The molecule has 0 aliphatic heterocycles. The van der Waals surface area contributed by atoms with Crippen LogP contribution in [0.5, 0.6) is 0 Å². The molecule has 26 heavy (non-hydrogen) atoms. The van der Waals surface area contributed by atoms with Gasteiger partial charge < -0.3 is 14.8 Å². The maximum absolute atomic E-state index is 12.2. The summed E-state index contributed by atoms with van der Waals surface area (Å²) >= 11 is 0. The Bertz CT molecular complexity index is 1000. The van der Waals surface area contributed by atoms with Gasteiger partial charge in [0.15, 0.2) is 11.6 Å². The second kappa shape index (κ2) is 7.11. The van der Waals surface area contributed by atoms with E-state index >= 15 is 0 Å². The molecule has 1 heterocycles. The van der Waals surface area contributed by atoms with Crippen LogP contribution in [0, 0.1) is 25.2 Å². The maximum atomic E-state index is 12.2. The standard InChI is InChI=1S/C20H17N3O3/c1-12-7-13(2)9-14(8-12)20(25)26-11-18(24)15(10-21)19-22-16-5-3-4-6-17(16)23-19/h3-9,24H,11H2,1-2H3,(H,22,23).